The van der Waals surface area contributed by atoms with Crippen LogP contribution in [-0.4, -0.2) is 37.2 Å². The van der Waals surface area contributed by atoms with Gasteiger partial charge in [0.2, 0.25) is 5.91 Å². The number of pyridine rings is 1. The van der Waals surface area contributed by atoms with Gasteiger partial charge < -0.3 is 15.0 Å². The Kier molecular flexibility index (Phi) is 4.50. The first kappa shape index (κ1) is 14.1. The number of anilines is 2. The lowest BCUT2D eigenvalue weighted by Gasteiger charge is -2.28. The topological polar surface area (TPSA) is 54.5 Å². The normalized spacial score (nSPS) is 22.1. The minimum atomic E-state index is 0.0750. The van der Waals surface area contributed by atoms with Gasteiger partial charge in [-0.2, -0.15) is 0 Å². The van der Waals surface area contributed by atoms with Crippen molar-refractivity contribution in [3.63, 3.8) is 0 Å². The first-order valence-electron chi connectivity index (χ1n) is 7.57. The van der Waals surface area contributed by atoms with Gasteiger partial charge in [0.25, 0.3) is 0 Å². The van der Waals surface area contributed by atoms with Crippen LogP contribution in [0.5, 0.6) is 0 Å². The van der Waals surface area contributed by atoms with Gasteiger partial charge >= 0.3 is 0 Å². The molecule has 5 nitrogen and oxygen atoms in total. The molecule has 1 N–H and O–H groups in total. The number of nitrogens with one attached hydrogen (secondary N) is 1. The van der Waals surface area contributed by atoms with E-state index in [9.17, 15) is 4.79 Å². The molecule has 1 saturated heterocycles. The molecule has 2 heterocycles. The van der Waals surface area contributed by atoms with Crippen molar-refractivity contribution < 1.29 is 9.53 Å². The summed E-state index contributed by atoms with van der Waals surface area (Å²) in [5.41, 5.74) is 1.08. The maximum atomic E-state index is 12.1. The number of amides is 1. The standard InChI is InChI=1S/C16H21N3O2/c20-16(13-4-2-1-3-5-13)18-15-7-6-14(12-17-15)19-8-10-21-11-9-19/h1-2,6-7,12-13H,3-5,8-11H2,(H,17,18,20)/t13-/m0/s1. The van der Waals surface area contributed by atoms with E-state index in [0.717, 1.165) is 51.3 Å². The largest absolute Gasteiger partial charge is 0.378 e. The predicted molar refractivity (Wildman–Crippen MR) is 82.4 cm³/mol. The molecular weight excluding hydrogens is 266 g/mol. The molecule has 0 bridgehead atoms. The van der Waals surface area contributed by atoms with Crippen molar-refractivity contribution in [1.29, 1.82) is 0 Å². The van der Waals surface area contributed by atoms with Crippen LogP contribution in [0.4, 0.5) is 11.5 Å². The lowest BCUT2D eigenvalue weighted by Crippen LogP contribution is -2.36. The van der Waals surface area contributed by atoms with E-state index in [0.29, 0.717) is 5.82 Å². The van der Waals surface area contributed by atoms with Crippen molar-refractivity contribution in [3.8, 4) is 0 Å². The van der Waals surface area contributed by atoms with Crippen LogP contribution in [0.1, 0.15) is 19.3 Å². The predicted octanol–water partition coefficient (Wildman–Crippen LogP) is 2.21. The van der Waals surface area contributed by atoms with E-state index >= 15 is 0 Å². The fraction of sp³-hybridized carbons (Fsp3) is 0.500. The molecule has 5 heteroatoms. The van der Waals surface area contributed by atoms with Gasteiger partial charge in [0, 0.05) is 19.0 Å². The number of aromatic nitrogens is 1. The average Bonchev–Trinajstić information content (AvgIpc) is 2.57. The van der Waals surface area contributed by atoms with Crippen LogP contribution in [0.15, 0.2) is 30.5 Å². The van der Waals surface area contributed by atoms with E-state index in [2.05, 4.69) is 27.4 Å². The number of carbonyl (C=O) groups excluding carboxylic acids is 1. The number of hydrogen-bond donors (Lipinski definition) is 1. The maximum absolute atomic E-state index is 12.1. The second-order valence-electron chi connectivity index (χ2n) is 5.47. The zero-order valence-corrected chi connectivity index (χ0v) is 12.1. The van der Waals surface area contributed by atoms with Gasteiger partial charge in [0.1, 0.15) is 5.82 Å². The minimum absolute atomic E-state index is 0.0750. The fourth-order valence-corrected chi connectivity index (χ4v) is 2.73. The summed E-state index contributed by atoms with van der Waals surface area (Å²) in [7, 11) is 0. The summed E-state index contributed by atoms with van der Waals surface area (Å²) >= 11 is 0. The van der Waals surface area contributed by atoms with E-state index in [-0.39, 0.29) is 11.8 Å². The Labute approximate surface area is 125 Å². The van der Waals surface area contributed by atoms with Crippen molar-refractivity contribution >= 4 is 17.4 Å². The van der Waals surface area contributed by atoms with E-state index < -0.39 is 0 Å². The van der Waals surface area contributed by atoms with Crippen LogP contribution in [0, 0.1) is 5.92 Å². The summed E-state index contributed by atoms with van der Waals surface area (Å²) in [5.74, 6) is 0.785. The van der Waals surface area contributed by atoms with E-state index in [1.807, 2.05) is 18.3 Å². The lowest BCUT2D eigenvalue weighted by atomic mass is 9.94. The zero-order chi connectivity index (χ0) is 14.5. The Morgan fingerprint density at radius 1 is 1.29 bits per heavy atom. The number of rotatable bonds is 3. The van der Waals surface area contributed by atoms with Crippen LogP contribution >= 0.6 is 0 Å². The number of nitrogens with zero attached hydrogens (tertiary/aromatic N) is 2. The molecule has 0 radical (unpaired) electrons. The second kappa shape index (κ2) is 6.72. The molecule has 2 aliphatic rings. The molecule has 1 aliphatic carbocycles. The monoisotopic (exact) mass is 287 g/mol. The Balaban J connectivity index is 1.58. The molecule has 3 rings (SSSR count). The molecule has 0 unspecified atom stereocenters. The van der Waals surface area contributed by atoms with Crippen LogP contribution < -0.4 is 10.2 Å². The van der Waals surface area contributed by atoms with Crippen molar-refractivity contribution in [2.24, 2.45) is 5.92 Å². The number of allylic oxidation sites excluding steroid dienone is 2. The second-order valence-corrected chi connectivity index (χ2v) is 5.47. The maximum Gasteiger partial charge on any atom is 0.228 e. The van der Waals surface area contributed by atoms with Crippen LogP contribution in [0.2, 0.25) is 0 Å². The Morgan fingerprint density at radius 3 is 2.81 bits per heavy atom. The van der Waals surface area contributed by atoms with Crippen molar-refractivity contribution in [3.05, 3.63) is 30.5 Å². The van der Waals surface area contributed by atoms with Crippen molar-refractivity contribution in [2.45, 2.75) is 19.3 Å². The number of carbonyl (C=O) groups is 1. The molecule has 1 amide bonds. The molecule has 0 spiro atoms. The summed E-state index contributed by atoms with van der Waals surface area (Å²) in [6.07, 6.45) is 8.79. The molecular formula is C16H21N3O2. The molecule has 21 heavy (non-hydrogen) atoms. The van der Waals surface area contributed by atoms with Crippen molar-refractivity contribution in [2.75, 3.05) is 36.5 Å². The quantitative estimate of drug-likeness (QED) is 0.866. The summed E-state index contributed by atoms with van der Waals surface area (Å²) in [4.78, 5) is 18.7. The molecule has 1 aromatic rings. The van der Waals surface area contributed by atoms with E-state index in [1.165, 1.54) is 0 Å². The molecule has 1 atom stereocenters. The average molecular weight is 287 g/mol. The van der Waals surface area contributed by atoms with Gasteiger partial charge in [-0.05, 0) is 31.4 Å². The minimum Gasteiger partial charge on any atom is -0.378 e. The lowest BCUT2D eigenvalue weighted by molar-refractivity contribution is -0.120. The Hall–Kier alpha value is -1.88. The van der Waals surface area contributed by atoms with Gasteiger partial charge in [-0.25, -0.2) is 4.98 Å². The highest BCUT2D eigenvalue weighted by Gasteiger charge is 2.19. The summed E-state index contributed by atoms with van der Waals surface area (Å²) in [6.45, 7) is 3.30. The molecule has 112 valence electrons. The smallest absolute Gasteiger partial charge is 0.228 e. The highest BCUT2D eigenvalue weighted by molar-refractivity contribution is 5.91. The number of hydrogen-bond acceptors (Lipinski definition) is 4. The number of morpholine rings is 1. The first-order chi connectivity index (χ1) is 10.3. The molecule has 0 saturated carbocycles. The third-order valence-corrected chi connectivity index (χ3v) is 4.02. The number of ether oxygens (including phenoxy) is 1. The van der Waals surface area contributed by atoms with Gasteiger partial charge in [0.15, 0.2) is 0 Å². The van der Waals surface area contributed by atoms with Gasteiger partial charge in [-0.15, -0.1) is 0 Å². The highest BCUT2D eigenvalue weighted by Crippen LogP contribution is 2.21. The fourth-order valence-electron chi connectivity index (χ4n) is 2.73. The van der Waals surface area contributed by atoms with E-state index in [1.54, 1.807) is 0 Å². The third-order valence-electron chi connectivity index (χ3n) is 4.02. The third kappa shape index (κ3) is 3.61. The zero-order valence-electron chi connectivity index (χ0n) is 12.1. The van der Waals surface area contributed by atoms with Crippen molar-refractivity contribution in [1.82, 2.24) is 4.98 Å². The Bertz CT molecular complexity index is 507. The SMILES string of the molecule is O=C(Nc1ccc(N2CCOCC2)cn1)[C@H]1CC=CCC1. The summed E-state index contributed by atoms with van der Waals surface area (Å²) in [6, 6.07) is 3.88. The van der Waals surface area contributed by atoms with Gasteiger partial charge in [0.05, 0.1) is 25.1 Å². The van der Waals surface area contributed by atoms with Crippen LogP contribution in [0.3, 0.4) is 0 Å². The molecule has 1 aromatic heterocycles. The van der Waals surface area contributed by atoms with E-state index in [4.69, 9.17) is 4.74 Å². The molecule has 0 aromatic carbocycles. The van der Waals surface area contributed by atoms with Crippen LogP contribution in [-0.2, 0) is 9.53 Å². The summed E-state index contributed by atoms with van der Waals surface area (Å²) < 4.78 is 5.34. The van der Waals surface area contributed by atoms with Gasteiger partial charge in [-0.1, -0.05) is 12.2 Å². The highest BCUT2D eigenvalue weighted by atomic mass is 16.5. The van der Waals surface area contributed by atoms with Gasteiger partial charge in [-0.3, -0.25) is 4.79 Å². The summed E-state index contributed by atoms with van der Waals surface area (Å²) in [5, 5.41) is 2.91. The Morgan fingerprint density at radius 2 is 2.14 bits per heavy atom. The first-order valence-corrected chi connectivity index (χ1v) is 7.57. The molecule has 1 aliphatic heterocycles. The van der Waals surface area contributed by atoms with Crippen LogP contribution in [0.25, 0.3) is 0 Å². The molecule has 1 fully saturated rings.